The molecule has 1 aromatic carbocycles. The lowest BCUT2D eigenvalue weighted by molar-refractivity contribution is 0.398. The highest BCUT2D eigenvalue weighted by molar-refractivity contribution is 7.09. The number of nitrogens with zero attached hydrogens (tertiary/aromatic N) is 1. The number of nitrogens with one attached hydrogen (secondary N) is 1. The molecule has 0 amide bonds. The Hall–Kier alpha value is -1.87. The molecule has 27 heavy (non-hydrogen) atoms. The van der Waals surface area contributed by atoms with Crippen LogP contribution in [-0.2, 0) is 12.8 Å². The monoisotopic (exact) mass is 378 g/mol. The highest BCUT2D eigenvalue weighted by atomic mass is 32.1. The van der Waals surface area contributed by atoms with Crippen molar-refractivity contribution in [2.24, 2.45) is 5.41 Å². The molecule has 1 aromatic heterocycles. The zero-order chi connectivity index (χ0) is 18.9. The van der Waals surface area contributed by atoms with E-state index in [0.717, 1.165) is 12.8 Å². The topological polar surface area (TPSA) is 24.9 Å². The van der Waals surface area contributed by atoms with Gasteiger partial charge in [-0.15, -0.1) is 11.3 Å². The SMILES string of the molecule is CNc1ccc(Cc2csc(CC3(C)C=CC4=C(CCCC4)C3)n2)cc1C. The van der Waals surface area contributed by atoms with Gasteiger partial charge in [0.1, 0.15) is 0 Å². The van der Waals surface area contributed by atoms with E-state index in [-0.39, 0.29) is 5.41 Å². The van der Waals surface area contributed by atoms with Crippen LogP contribution in [0.4, 0.5) is 5.69 Å². The van der Waals surface area contributed by atoms with Crippen LogP contribution in [0, 0.1) is 12.3 Å². The Labute approximate surface area is 167 Å². The smallest absolute Gasteiger partial charge is 0.0937 e. The van der Waals surface area contributed by atoms with Gasteiger partial charge in [-0.3, -0.25) is 0 Å². The highest BCUT2D eigenvalue weighted by Crippen LogP contribution is 2.42. The zero-order valence-electron chi connectivity index (χ0n) is 16.8. The van der Waals surface area contributed by atoms with Gasteiger partial charge in [0.05, 0.1) is 10.7 Å². The minimum atomic E-state index is 0.232. The predicted molar refractivity (Wildman–Crippen MR) is 117 cm³/mol. The average Bonchev–Trinajstić information content (AvgIpc) is 3.08. The Kier molecular flexibility index (Phi) is 5.23. The standard InChI is InChI=1S/C24H30N2S/c1-17-12-18(8-9-22(17)25-3)13-21-16-27-23(26-21)15-24(2)11-10-19-6-4-5-7-20(19)14-24/h8-12,16,25H,4-7,13-15H2,1-3H3. The first-order valence-corrected chi connectivity index (χ1v) is 11.0. The molecule has 0 saturated heterocycles. The van der Waals surface area contributed by atoms with Gasteiger partial charge in [0.2, 0.25) is 0 Å². The number of benzene rings is 1. The first-order valence-electron chi connectivity index (χ1n) is 10.2. The number of anilines is 1. The second kappa shape index (κ2) is 7.63. The summed E-state index contributed by atoms with van der Waals surface area (Å²) in [7, 11) is 1.97. The molecular formula is C24H30N2S. The van der Waals surface area contributed by atoms with Gasteiger partial charge in [-0.1, -0.05) is 36.8 Å². The summed E-state index contributed by atoms with van der Waals surface area (Å²) in [4.78, 5) is 4.97. The molecule has 0 radical (unpaired) electrons. The maximum absolute atomic E-state index is 4.97. The Balaban J connectivity index is 1.43. The lowest BCUT2D eigenvalue weighted by Crippen LogP contribution is -2.22. The average molecular weight is 379 g/mol. The van der Waals surface area contributed by atoms with Crippen molar-refractivity contribution in [1.29, 1.82) is 0 Å². The van der Waals surface area contributed by atoms with E-state index >= 15 is 0 Å². The second-order valence-electron chi connectivity index (χ2n) is 8.49. The van der Waals surface area contributed by atoms with Crippen molar-refractivity contribution in [2.75, 3.05) is 12.4 Å². The molecule has 142 valence electrons. The van der Waals surface area contributed by atoms with Crippen LogP contribution in [0.3, 0.4) is 0 Å². The number of allylic oxidation sites excluding steroid dienone is 4. The number of aromatic nitrogens is 1. The van der Waals surface area contributed by atoms with Crippen molar-refractivity contribution in [1.82, 2.24) is 4.98 Å². The molecule has 2 aromatic rings. The second-order valence-corrected chi connectivity index (χ2v) is 9.43. The number of hydrogen-bond acceptors (Lipinski definition) is 3. The Morgan fingerprint density at radius 1 is 1.22 bits per heavy atom. The Morgan fingerprint density at radius 3 is 2.89 bits per heavy atom. The maximum atomic E-state index is 4.97. The first kappa shape index (κ1) is 18.5. The highest BCUT2D eigenvalue weighted by Gasteiger charge is 2.29. The molecule has 4 rings (SSSR count). The van der Waals surface area contributed by atoms with Gasteiger partial charge in [-0.2, -0.15) is 0 Å². The van der Waals surface area contributed by atoms with Crippen molar-refractivity contribution < 1.29 is 0 Å². The molecule has 1 N–H and O–H groups in total. The van der Waals surface area contributed by atoms with Gasteiger partial charge in [0, 0.05) is 31.0 Å². The van der Waals surface area contributed by atoms with E-state index in [1.54, 1.807) is 11.1 Å². The van der Waals surface area contributed by atoms with Crippen LogP contribution >= 0.6 is 11.3 Å². The summed E-state index contributed by atoms with van der Waals surface area (Å²) in [6.07, 6.45) is 13.4. The van der Waals surface area contributed by atoms with Gasteiger partial charge >= 0.3 is 0 Å². The molecule has 0 bridgehead atoms. The van der Waals surface area contributed by atoms with E-state index in [1.807, 2.05) is 18.4 Å². The lowest BCUT2D eigenvalue weighted by Gasteiger charge is -2.33. The van der Waals surface area contributed by atoms with Crippen LogP contribution in [0.1, 0.15) is 60.9 Å². The van der Waals surface area contributed by atoms with Crippen LogP contribution in [-0.4, -0.2) is 12.0 Å². The molecular weight excluding hydrogens is 348 g/mol. The van der Waals surface area contributed by atoms with E-state index in [2.05, 4.69) is 54.9 Å². The fraction of sp³-hybridized carbons (Fsp3) is 0.458. The van der Waals surface area contributed by atoms with Gasteiger partial charge in [0.15, 0.2) is 0 Å². The van der Waals surface area contributed by atoms with Gasteiger partial charge in [-0.25, -0.2) is 4.98 Å². The molecule has 0 fully saturated rings. The van der Waals surface area contributed by atoms with Crippen molar-refractivity contribution in [3.05, 3.63) is 68.7 Å². The summed E-state index contributed by atoms with van der Waals surface area (Å²) in [5.41, 5.74) is 8.60. The van der Waals surface area contributed by atoms with E-state index in [1.165, 1.54) is 59.6 Å². The molecule has 0 spiro atoms. The van der Waals surface area contributed by atoms with Crippen LogP contribution in [0.15, 0.2) is 46.9 Å². The van der Waals surface area contributed by atoms with E-state index < -0.39 is 0 Å². The number of thiazole rings is 1. The third-order valence-corrected chi connectivity index (χ3v) is 6.93. The molecule has 1 unspecified atom stereocenters. The fourth-order valence-electron chi connectivity index (χ4n) is 4.55. The quantitative estimate of drug-likeness (QED) is 0.645. The van der Waals surface area contributed by atoms with Crippen LogP contribution in [0.2, 0.25) is 0 Å². The molecule has 1 atom stereocenters. The largest absolute Gasteiger partial charge is 0.388 e. The molecule has 1 heterocycles. The maximum Gasteiger partial charge on any atom is 0.0937 e. The first-order chi connectivity index (χ1) is 13.0. The number of aryl methyl sites for hydroxylation is 1. The van der Waals surface area contributed by atoms with E-state index in [0.29, 0.717) is 0 Å². The molecule has 2 nitrogen and oxygen atoms in total. The summed E-state index contributed by atoms with van der Waals surface area (Å²) in [5.74, 6) is 0. The number of rotatable bonds is 5. The molecule has 2 aliphatic rings. The van der Waals surface area contributed by atoms with Crippen molar-refractivity contribution >= 4 is 17.0 Å². The predicted octanol–water partition coefficient (Wildman–Crippen LogP) is 6.46. The minimum Gasteiger partial charge on any atom is -0.388 e. The van der Waals surface area contributed by atoms with Gasteiger partial charge in [-0.05, 0) is 67.2 Å². The van der Waals surface area contributed by atoms with Crippen LogP contribution < -0.4 is 5.32 Å². The van der Waals surface area contributed by atoms with E-state index in [9.17, 15) is 0 Å². The fourth-order valence-corrected chi connectivity index (χ4v) is 5.54. The molecule has 3 heteroatoms. The third kappa shape index (κ3) is 4.19. The van der Waals surface area contributed by atoms with Crippen molar-refractivity contribution in [3.8, 4) is 0 Å². The van der Waals surface area contributed by atoms with Crippen LogP contribution in [0.25, 0.3) is 0 Å². The van der Waals surface area contributed by atoms with E-state index in [4.69, 9.17) is 4.98 Å². The summed E-state index contributed by atoms with van der Waals surface area (Å²) in [6.45, 7) is 4.56. The molecule has 0 saturated carbocycles. The lowest BCUT2D eigenvalue weighted by atomic mass is 9.72. The minimum absolute atomic E-state index is 0.232. The summed E-state index contributed by atoms with van der Waals surface area (Å²) in [5, 5.41) is 6.76. The van der Waals surface area contributed by atoms with Gasteiger partial charge in [0.25, 0.3) is 0 Å². The summed E-state index contributed by atoms with van der Waals surface area (Å²) < 4.78 is 0. The Bertz CT molecular complexity index is 890. The van der Waals surface area contributed by atoms with Crippen molar-refractivity contribution in [2.45, 2.75) is 58.8 Å². The summed E-state index contributed by atoms with van der Waals surface area (Å²) in [6, 6.07) is 6.65. The normalized spacial score (nSPS) is 22.0. The zero-order valence-corrected chi connectivity index (χ0v) is 17.6. The molecule has 0 aliphatic heterocycles. The Morgan fingerprint density at radius 2 is 2.07 bits per heavy atom. The third-order valence-electron chi connectivity index (χ3n) is 6.03. The van der Waals surface area contributed by atoms with Crippen molar-refractivity contribution in [3.63, 3.8) is 0 Å². The van der Waals surface area contributed by atoms with Crippen LogP contribution in [0.5, 0.6) is 0 Å². The molecule has 2 aliphatic carbocycles. The van der Waals surface area contributed by atoms with Gasteiger partial charge < -0.3 is 5.32 Å². The number of hydrogen-bond donors (Lipinski definition) is 1. The summed E-state index contributed by atoms with van der Waals surface area (Å²) >= 11 is 1.83.